The van der Waals surface area contributed by atoms with Crippen LogP contribution in [-0.4, -0.2) is 35.1 Å². The van der Waals surface area contributed by atoms with Crippen LogP contribution in [0.2, 0.25) is 0 Å². The van der Waals surface area contributed by atoms with Crippen LogP contribution in [0.3, 0.4) is 0 Å². The van der Waals surface area contributed by atoms with E-state index in [0.29, 0.717) is 13.1 Å². The Bertz CT molecular complexity index is 198. The summed E-state index contributed by atoms with van der Waals surface area (Å²) in [5, 5.41) is 17.0. The summed E-state index contributed by atoms with van der Waals surface area (Å²) in [5.41, 5.74) is 0. The Morgan fingerprint density at radius 3 is 2.69 bits per heavy atom. The maximum absolute atomic E-state index is 10.3. The summed E-state index contributed by atoms with van der Waals surface area (Å²) in [6.45, 7) is 4.79. The first-order valence-corrected chi connectivity index (χ1v) is 4.44. The maximum Gasteiger partial charge on any atom is 0.304 e. The van der Waals surface area contributed by atoms with E-state index in [9.17, 15) is 4.79 Å². The number of aliphatic carboxylic acids is 1. The quantitative estimate of drug-likeness (QED) is 0.627. The van der Waals surface area contributed by atoms with Crippen molar-refractivity contribution >= 4 is 5.97 Å². The highest BCUT2D eigenvalue weighted by molar-refractivity contribution is 5.66. The normalized spacial score (nSPS) is 12.5. The van der Waals surface area contributed by atoms with E-state index in [2.05, 4.69) is 0 Å². The van der Waals surface area contributed by atoms with Gasteiger partial charge < -0.3 is 5.11 Å². The largest absolute Gasteiger partial charge is 0.481 e. The fourth-order valence-corrected chi connectivity index (χ4v) is 1.04. The van der Waals surface area contributed by atoms with Crippen molar-refractivity contribution in [1.29, 1.82) is 5.26 Å². The minimum absolute atomic E-state index is 0.103. The van der Waals surface area contributed by atoms with Crippen molar-refractivity contribution in [3.8, 4) is 6.07 Å². The molecule has 0 bridgehead atoms. The Hall–Kier alpha value is -1.08. The Morgan fingerprint density at radius 1 is 1.69 bits per heavy atom. The van der Waals surface area contributed by atoms with E-state index in [1.165, 1.54) is 0 Å². The molecular formula is C9H16N2O2. The van der Waals surface area contributed by atoms with Gasteiger partial charge in [0.15, 0.2) is 0 Å². The number of hydrogen-bond donors (Lipinski definition) is 1. The molecule has 0 spiro atoms. The van der Waals surface area contributed by atoms with Gasteiger partial charge in [0, 0.05) is 12.6 Å². The summed E-state index contributed by atoms with van der Waals surface area (Å²) >= 11 is 0. The van der Waals surface area contributed by atoms with Crippen LogP contribution in [0.15, 0.2) is 0 Å². The van der Waals surface area contributed by atoms with Crippen LogP contribution in [0.1, 0.15) is 26.7 Å². The molecule has 13 heavy (non-hydrogen) atoms. The third kappa shape index (κ3) is 5.21. The van der Waals surface area contributed by atoms with Crippen LogP contribution in [0.25, 0.3) is 0 Å². The van der Waals surface area contributed by atoms with E-state index < -0.39 is 5.97 Å². The van der Waals surface area contributed by atoms with Crippen molar-refractivity contribution in [2.75, 3.05) is 13.1 Å². The van der Waals surface area contributed by atoms with Gasteiger partial charge in [-0.2, -0.15) is 5.26 Å². The molecule has 0 fully saturated rings. The molecule has 0 aromatic heterocycles. The molecule has 0 aromatic rings. The summed E-state index contributed by atoms with van der Waals surface area (Å²) in [6, 6.07) is 2.32. The van der Waals surface area contributed by atoms with E-state index in [-0.39, 0.29) is 12.5 Å². The van der Waals surface area contributed by atoms with Crippen molar-refractivity contribution in [2.45, 2.75) is 32.7 Å². The third-order valence-electron chi connectivity index (χ3n) is 2.10. The smallest absolute Gasteiger partial charge is 0.304 e. The van der Waals surface area contributed by atoms with E-state index in [1.807, 2.05) is 24.8 Å². The summed E-state index contributed by atoms with van der Waals surface area (Å²) in [7, 11) is 0. The molecule has 1 atom stereocenters. The number of carbonyl (C=O) groups is 1. The second kappa shape index (κ2) is 6.44. The number of rotatable bonds is 6. The van der Waals surface area contributed by atoms with Crippen molar-refractivity contribution < 1.29 is 9.90 Å². The standard InChI is InChI=1S/C9H16N2O2/c1-3-8(2)11(7-5-10)6-4-9(12)13/h8H,3-4,6-7H2,1-2H3,(H,12,13). The van der Waals surface area contributed by atoms with Crippen LogP contribution in [0, 0.1) is 11.3 Å². The van der Waals surface area contributed by atoms with Gasteiger partial charge in [0.1, 0.15) is 0 Å². The van der Waals surface area contributed by atoms with E-state index in [1.54, 1.807) is 0 Å². The summed E-state index contributed by atoms with van der Waals surface area (Å²) in [4.78, 5) is 12.2. The van der Waals surface area contributed by atoms with Gasteiger partial charge in [-0.1, -0.05) is 6.92 Å². The summed E-state index contributed by atoms with van der Waals surface area (Å²) in [5.74, 6) is -0.814. The second-order valence-corrected chi connectivity index (χ2v) is 3.03. The predicted octanol–water partition coefficient (Wildman–Crippen LogP) is 1.09. The molecule has 0 rings (SSSR count). The van der Waals surface area contributed by atoms with Gasteiger partial charge in [0.2, 0.25) is 0 Å². The summed E-state index contributed by atoms with van der Waals surface area (Å²) in [6.07, 6.45) is 1.04. The van der Waals surface area contributed by atoms with Crippen LogP contribution < -0.4 is 0 Å². The van der Waals surface area contributed by atoms with Crippen molar-refractivity contribution in [3.63, 3.8) is 0 Å². The van der Waals surface area contributed by atoms with Gasteiger partial charge in [-0.05, 0) is 13.3 Å². The topological polar surface area (TPSA) is 64.3 Å². The first-order valence-electron chi connectivity index (χ1n) is 4.44. The molecule has 0 aromatic carbocycles. The highest BCUT2D eigenvalue weighted by Crippen LogP contribution is 2.03. The number of hydrogen-bond acceptors (Lipinski definition) is 3. The molecule has 4 heteroatoms. The Morgan fingerprint density at radius 2 is 2.31 bits per heavy atom. The molecule has 0 radical (unpaired) electrons. The van der Waals surface area contributed by atoms with Crippen molar-refractivity contribution in [1.82, 2.24) is 4.90 Å². The number of nitrogens with zero attached hydrogens (tertiary/aromatic N) is 2. The fourth-order valence-electron chi connectivity index (χ4n) is 1.04. The zero-order valence-electron chi connectivity index (χ0n) is 8.16. The minimum atomic E-state index is -0.814. The molecule has 0 saturated heterocycles. The van der Waals surface area contributed by atoms with Crippen LogP contribution >= 0.6 is 0 Å². The average Bonchev–Trinajstić information content (AvgIpc) is 2.10. The number of carboxylic acids is 1. The van der Waals surface area contributed by atoms with Gasteiger partial charge in [-0.15, -0.1) is 0 Å². The molecule has 0 aliphatic rings. The lowest BCUT2D eigenvalue weighted by atomic mass is 10.2. The highest BCUT2D eigenvalue weighted by Gasteiger charge is 2.12. The average molecular weight is 184 g/mol. The molecule has 1 unspecified atom stereocenters. The summed E-state index contributed by atoms with van der Waals surface area (Å²) < 4.78 is 0. The predicted molar refractivity (Wildman–Crippen MR) is 49.2 cm³/mol. The molecule has 0 amide bonds. The molecule has 0 aliphatic carbocycles. The number of nitriles is 1. The van der Waals surface area contributed by atoms with Gasteiger partial charge in [0.05, 0.1) is 19.0 Å². The molecule has 74 valence electrons. The van der Waals surface area contributed by atoms with Crippen LogP contribution in [0.5, 0.6) is 0 Å². The lowest BCUT2D eigenvalue weighted by molar-refractivity contribution is -0.137. The van der Waals surface area contributed by atoms with Gasteiger partial charge in [-0.3, -0.25) is 9.69 Å². The molecular weight excluding hydrogens is 168 g/mol. The van der Waals surface area contributed by atoms with E-state index >= 15 is 0 Å². The molecule has 0 aliphatic heterocycles. The lowest BCUT2D eigenvalue weighted by Gasteiger charge is -2.24. The zero-order chi connectivity index (χ0) is 10.3. The van der Waals surface area contributed by atoms with Gasteiger partial charge in [0.25, 0.3) is 0 Å². The Balaban J connectivity index is 3.95. The second-order valence-electron chi connectivity index (χ2n) is 3.03. The molecule has 4 nitrogen and oxygen atoms in total. The van der Waals surface area contributed by atoms with Crippen LogP contribution in [0.4, 0.5) is 0 Å². The van der Waals surface area contributed by atoms with Crippen molar-refractivity contribution in [3.05, 3.63) is 0 Å². The van der Waals surface area contributed by atoms with E-state index in [0.717, 1.165) is 6.42 Å². The third-order valence-corrected chi connectivity index (χ3v) is 2.10. The first kappa shape index (κ1) is 11.9. The first-order chi connectivity index (χ1) is 6.11. The van der Waals surface area contributed by atoms with Gasteiger partial charge in [-0.25, -0.2) is 0 Å². The highest BCUT2D eigenvalue weighted by atomic mass is 16.4. The Labute approximate surface area is 78.8 Å². The SMILES string of the molecule is CCC(C)N(CC#N)CCC(=O)O. The van der Waals surface area contributed by atoms with E-state index in [4.69, 9.17) is 10.4 Å². The monoisotopic (exact) mass is 184 g/mol. The molecule has 0 heterocycles. The number of carboxylic acid groups (broad SMARTS) is 1. The lowest BCUT2D eigenvalue weighted by Crippen LogP contribution is -2.34. The van der Waals surface area contributed by atoms with Gasteiger partial charge >= 0.3 is 5.97 Å². The Kier molecular flexibility index (Phi) is 5.90. The maximum atomic E-state index is 10.3. The fraction of sp³-hybridized carbons (Fsp3) is 0.778. The minimum Gasteiger partial charge on any atom is -0.481 e. The molecule has 1 N–H and O–H groups in total. The van der Waals surface area contributed by atoms with Crippen molar-refractivity contribution in [2.24, 2.45) is 0 Å². The zero-order valence-corrected chi connectivity index (χ0v) is 8.16. The molecule has 0 saturated carbocycles. The van der Waals surface area contributed by atoms with Crippen LogP contribution in [-0.2, 0) is 4.79 Å².